The summed E-state index contributed by atoms with van der Waals surface area (Å²) in [4.78, 5) is 4.65. The average molecular weight is 264 g/mol. The van der Waals surface area contributed by atoms with Crippen LogP contribution in [0.5, 0.6) is 0 Å². The molecule has 0 spiro atoms. The summed E-state index contributed by atoms with van der Waals surface area (Å²) in [6.07, 6.45) is 2.30. The van der Waals surface area contributed by atoms with Gasteiger partial charge in [-0.2, -0.15) is 0 Å². The molecule has 4 rings (SSSR count). The highest BCUT2D eigenvalue weighted by atomic mass is 16.3. The molecule has 2 aromatic carbocycles. The smallest absolute Gasteiger partial charge is 0.212 e. The summed E-state index contributed by atoms with van der Waals surface area (Å²) in [5.41, 5.74) is 4.19. The lowest BCUT2D eigenvalue weighted by atomic mass is 10.1. The van der Waals surface area contributed by atoms with Crippen LogP contribution in [0, 0.1) is 0 Å². The number of hydrogen-bond acceptors (Lipinski definition) is 3. The zero-order valence-electron chi connectivity index (χ0n) is 11.2. The molecule has 3 heteroatoms. The minimum atomic E-state index is 0.280. The van der Waals surface area contributed by atoms with Crippen molar-refractivity contribution >= 4 is 11.1 Å². The van der Waals surface area contributed by atoms with Gasteiger partial charge < -0.3 is 9.73 Å². The first-order valence-corrected chi connectivity index (χ1v) is 7.09. The van der Waals surface area contributed by atoms with E-state index in [0.717, 1.165) is 30.0 Å². The molecule has 1 unspecified atom stereocenters. The van der Waals surface area contributed by atoms with Gasteiger partial charge in [0.05, 0.1) is 6.04 Å². The molecule has 1 atom stereocenters. The summed E-state index contributed by atoms with van der Waals surface area (Å²) < 4.78 is 5.87. The molecule has 0 radical (unpaired) electrons. The molecule has 1 N–H and O–H groups in total. The standard InChI is InChI=1S/C17H16N2O/c1-2-5-12(6-3-1)13-8-9-16-15(11-13)19-17(20-16)14-7-4-10-18-14/h1-3,5-6,8-9,11,14,18H,4,7,10H2. The largest absolute Gasteiger partial charge is 0.439 e. The molecule has 3 aromatic rings. The molecule has 100 valence electrons. The van der Waals surface area contributed by atoms with Crippen LogP contribution in [-0.2, 0) is 0 Å². The van der Waals surface area contributed by atoms with Crippen molar-refractivity contribution in [1.82, 2.24) is 10.3 Å². The molecule has 0 aliphatic carbocycles. The summed E-state index contributed by atoms with van der Waals surface area (Å²) in [6.45, 7) is 1.05. The maximum absolute atomic E-state index is 5.87. The molecule has 1 saturated heterocycles. The molecule has 20 heavy (non-hydrogen) atoms. The van der Waals surface area contributed by atoms with Gasteiger partial charge in [0.15, 0.2) is 5.58 Å². The van der Waals surface area contributed by atoms with Crippen molar-refractivity contribution in [1.29, 1.82) is 0 Å². The third-order valence-corrected chi connectivity index (χ3v) is 3.87. The molecule has 0 saturated carbocycles. The Hall–Kier alpha value is -2.13. The highest BCUT2D eigenvalue weighted by Crippen LogP contribution is 2.28. The number of nitrogens with zero attached hydrogens (tertiary/aromatic N) is 1. The predicted octanol–water partition coefficient (Wildman–Crippen LogP) is 3.92. The van der Waals surface area contributed by atoms with Gasteiger partial charge in [0.25, 0.3) is 0 Å². The highest BCUT2D eigenvalue weighted by Gasteiger charge is 2.21. The molecule has 1 aliphatic heterocycles. The van der Waals surface area contributed by atoms with Crippen LogP contribution in [0.15, 0.2) is 52.9 Å². The maximum Gasteiger partial charge on any atom is 0.212 e. The van der Waals surface area contributed by atoms with Crippen LogP contribution >= 0.6 is 0 Å². The summed E-state index contributed by atoms with van der Waals surface area (Å²) in [5, 5.41) is 3.42. The molecule has 0 bridgehead atoms. The zero-order valence-corrected chi connectivity index (χ0v) is 11.2. The number of rotatable bonds is 2. The normalized spacial score (nSPS) is 18.7. The third-order valence-electron chi connectivity index (χ3n) is 3.87. The Morgan fingerprint density at radius 3 is 2.75 bits per heavy atom. The molecule has 0 amide bonds. The molecule has 1 aliphatic rings. The number of fused-ring (bicyclic) bond motifs is 1. The van der Waals surface area contributed by atoms with E-state index >= 15 is 0 Å². The van der Waals surface area contributed by atoms with Crippen molar-refractivity contribution in [2.24, 2.45) is 0 Å². The lowest BCUT2D eigenvalue weighted by Gasteiger charge is -2.02. The first-order valence-electron chi connectivity index (χ1n) is 7.09. The van der Waals surface area contributed by atoms with Crippen molar-refractivity contribution in [2.75, 3.05) is 6.54 Å². The van der Waals surface area contributed by atoms with E-state index in [4.69, 9.17) is 4.42 Å². The fraction of sp³-hybridized carbons (Fsp3) is 0.235. The number of aromatic nitrogens is 1. The Morgan fingerprint density at radius 2 is 1.95 bits per heavy atom. The second-order valence-corrected chi connectivity index (χ2v) is 5.25. The van der Waals surface area contributed by atoms with Crippen molar-refractivity contribution in [3.8, 4) is 11.1 Å². The Kier molecular flexibility index (Phi) is 2.78. The maximum atomic E-state index is 5.87. The molecular weight excluding hydrogens is 248 g/mol. The highest BCUT2D eigenvalue weighted by molar-refractivity contribution is 5.80. The summed E-state index contributed by atoms with van der Waals surface area (Å²) in [7, 11) is 0. The van der Waals surface area contributed by atoms with E-state index in [2.05, 4.69) is 46.7 Å². The van der Waals surface area contributed by atoms with Gasteiger partial charge in [0, 0.05) is 0 Å². The second-order valence-electron chi connectivity index (χ2n) is 5.25. The van der Waals surface area contributed by atoms with Crippen LogP contribution in [0.1, 0.15) is 24.8 Å². The predicted molar refractivity (Wildman–Crippen MR) is 79.4 cm³/mol. The second kappa shape index (κ2) is 4.76. The first-order chi connectivity index (χ1) is 9.90. The van der Waals surface area contributed by atoms with Crippen LogP contribution < -0.4 is 5.32 Å². The monoisotopic (exact) mass is 264 g/mol. The van der Waals surface area contributed by atoms with Gasteiger partial charge >= 0.3 is 0 Å². The number of hydrogen-bond donors (Lipinski definition) is 1. The minimum absolute atomic E-state index is 0.280. The fourth-order valence-electron chi connectivity index (χ4n) is 2.80. The van der Waals surface area contributed by atoms with Crippen molar-refractivity contribution < 1.29 is 4.42 Å². The Labute approximate surface area is 117 Å². The van der Waals surface area contributed by atoms with Crippen LogP contribution in [-0.4, -0.2) is 11.5 Å². The van der Waals surface area contributed by atoms with E-state index in [1.807, 2.05) is 12.1 Å². The summed E-state index contributed by atoms with van der Waals surface area (Å²) >= 11 is 0. The number of oxazole rings is 1. The number of benzene rings is 2. The first kappa shape index (κ1) is 11.7. The lowest BCUT2D eigenvalue weighted by molar-refractivity contribution is 0.452. The van der Waals surface area contributed by atoms with Crippen molar-refractivity contribution in [3.63, 3.8) is 0 Å². The van der Waals surface area contributed by atoms with E-state index in [1.165, 1.54) is 17.5 Å². The van der Waals surface area contributed by atoms with Gasteiger partial charge in [0.2, 0.25) is 5.89 Å². The Balaban J connectivity index is 1.76. The quantitative estimate of drug-likeness (QED) is 0.762. The molecule has 1 fully saturated rings. The van der Waals surface area contributed by atoms with E-state index in [-0.39, 0.29) is 6.04 Å². The van der Waals surface area contributed by atoms with Crippen LogP contribution in [0.3, 0.4) is 0 Å². The summed E-state index contributed by atoms with van der Waals surface area (Å²) in [5.74, 6) is 0.822. The Bertz CT molecular complexity index is 727. The van der Waals surface area contributed by atoms with Crippen LogP contribution in [0.25, 0.3) is 22.2 Å². The molecule has 1 aromatic heterocycles. The zero-order chi connectivity index (χ0) is 13.4. The van der Waals surface area contributed by atoms with Gasteiger partial charge in [-0.3, -0.25) is 0 Å². The van der Waals surface area contributed by atoms with E-state index in [1.54, 1.807) is 0 Å². The summed E-state index contributed by atoms with van der Waals surface area (Å²) in [6, 6.07) is 16.8. The van der Waals surface area contributed by atoms with E-state index in [9.17, 15) is 0 Å². The molecule has 2 heterocycles. The lowest BCUT2D eigenvalue weighted by Crippen LogP contribution is -2.12. The topological polar surface area (TPSA) is 38.1 Å². The van der Waals surface area contributed by atoms with Gasteiger partial charge in [-0.25, -0.2) is 4.98 Å². The Morgan fingerprint density at radius 1 is 1.05 bits per heavy atom. The number of nitrogens with one attached hydrogen (secondary N) is 1. The minimum Gasteiger partial charge on any atom is -0.439 e. The van der Waals surface area contributed by atoms with Crippen LogP contribution in [0.4, 0.5) is 0 Å². The van der Waals surface area contributed by atoms with Gasteiger partial charge in [-0.15, -0.1) is 0 Å². The van der Waals surface area contributed by atoms with Gasteiger partial charge in [-0.1, -0.05) is 36.4 Å². The molecular formula is C17H16N2O. The van der Waals surface area contributed by atoms with Crippen molar-refractivity contribution in [2.45, 2.75) is 18.9 Å². The van der Waals surface area contributed by atoms with E-state index in [0.29, 0.717) is 0 Å². The SMILES string of the molecule is c1ccc(-c2ccc3oc(C4CCCN4)nc3c2)cc1. The molecule has 3 nitrogen and oxygen atoms in total. The van der Waals surface area contributed by atoms with Crippen LogP contribution in [0.2, 0.25) is 0 Å². The van der Waals surface area contributed by atoms with E-state index < -0.39 is 0 Å². The van der Waals surface area contributed by atoms with Crippen molar-refractivity contribution in [3.05, 3.63) is 54.4 Å². The average Bonchev–Trinajstić information content (AvgIpc) is 3.16. The van der Waals surface area contributed by atoms with Gasteiger partial charge in [0.1, 0.15) is 5.52 Å². The van der Waals surface area contributed by atoms with Gasteiger partial charge in [-0.05, 0) is 42.6 Å². The third kappa shape index (κ3) is 2.00. The fourth-order valence-corrected chi connectivity index (χ4v) is 2.80.